The smallest absolute Gasteiger partial charge is 0.214 e. The van der Waals surface area contributed by atoms with E-state index in [1.54, 1.807) is 7.05 Å². The monoisotopic (exact) mass is 329 g/mol. The van der Waals surface area contributed by atoms with Crippen molar-refractivity contribution in [3.05, 3.63) is 46.7 Å². The molecule has 1 heterocycles. The third kappa shape index (κ3) is 4.50. The third-order valence-electron chi connectivity index (χ3n) is 3.87. The van der Waals surface area contributed by atoms with Gasteiger partial charge in [0.05, 0.1) is 12.2 Å². The summed E-state index contributed by atoms with van der Waals surface area (Å²) in [6, 6.07) is 6.45. The fourth-order valence-electron chi connectivity index (χ4n) is 2.41. The molecule has 0 atom stereocenters. The molecule has 0 spiro atoms. The Labute approximate surface area is 144 Å². The number of anilines is 1. The van der Waals surface area contributed by atoms with Crippen molar-refractivity contribution >= 4 is 11.6 Å². The number of hydrogen-bond donors (Lipinski definition) is 2. The van der Waals surface area contributed by atoms with Crippen molar-refractivity contribution in [3.63, 3.8) is 0 Å². The molecule has 6 nitrogen and oxygen atoms in total. The molecule has 24 heavy (non-hydrogen) atoms. The van der Waals surface area contributed by atoms with Crippen molar-refractivity contribution in [2.75, 3.05) is 26.0 Å². The molecule has 0 saturated carbocycles. The van der Waals surface area contributed by atoms with Crippen LogP contribution in [0.4, 0.5) is 5.69 Å². The zero-order valence-corrected chi connectivity index (χ0v) is 15.4. The van der Waals surface area contributed by atoms with Crippen molar-refractivity contribution in [2.45, 2.75) is 33.9 Å². The topological polar surface area (TPSA) is 65.7 Å². The SMILES string of the molecule is CN=C(NCc1nc(C)c(C)o1)NCc1ccc(C)cc1N(C)C. The van der Waals surface area contributed by atoms with Gasteiger partial charge in [-0.3, -0.25) is 4.99 Å². The summed E-state index contributed by atoms with van der Waals surface area (Å²) in [6.45, 7) is 7.15. The van der Waals surface area contributed by atoms with Crippen LogP contribution in [0.2, 0.25) is 0 Å². The highest BCUT2D eigenvalue weighted by Crippen LogP contribution is 2.20. The first-order valence-corrected chi connectivity index (χ1v) is 8.05. The lowest BCUT2D eigenvalue weighted by atomic mass is 10.1. The fourth-order valence-corrected chi connectivity index (χ4v) is 2.41. The van der Waals surface area contributed by atoms with E-state index >= 15 is 0 Å². The normalized spacial score (nSPS) is 11.5. The van der Waals surface area contributed by atoms with Crippen LogP contribution in [0, 0.1) is 20.8 Å². The molecule has 0 saturated heterocycles. The largest absolute Gasteiger partial charge is 0.444 e. The van der Waals surface area contributed by atoms with E-state index in [2.05, 4.69) is 64.7 Å². The summed E-state index contributed by atoms with van der Waals surface area (Å²) < 4.78 is 5.57. The Morgan fingerprint density at radius 2 is 1.88 bits per heavy atom. The summed E-state index contributed by atoms with van der Waals surface area (Å²) in [5.74, 6) is 2.23. The molecule has 1 aromatic heterocycles. The number of hydrogen-bond acceptors (Lipinski definition) is 4. The van der Waals surface area contributed by atoms with E-state index in [0.29, 0.717) is 24.9 Å². The Morgan fingerprint density at radius 3 is 2.46 bits per heavy atom. The summed E-state index contributed by atoms with van der Waals surface area (Å²) >= 11 is 0. The zero-order chi connectivity index (χ0) is 17.7. The van der Waals surface area contributed by atoms with Crippen LogP contribution < -0.4 is 15.5 Å². The molecule has 130 valence electrons. The Hall–Kier alpha value is -2.50. The molecule has 0 radical (unpaired) electrons. The van der Waals surface area contributed by atoms with Crippen LogP contribution in [-0.2, 0) is 13.1 Å². The molecule has 0 aliphatic heterocycles. The number of rotatable bonds is 5. The van der Waals surface area contributed by atoms with Crippen molar-refractivity contribution in [1.29, 1.82) is 0 Å². The Morgan fingerprint density at radius 1 is 1.17 bits per heavy atom. The quantitative estimate of drug-likeness (QED) is 0.652. The minimum atomic E-state index is 0.503. The van der Waals surface area contributed by atoms with Gasteiger partial charge >= 0.3 is 0 Å². The standard InChI is InChI=1S/C18H27N5O/c1-12-7-8-15(16(9-12)23(5)6)10-20-18(19-4)21-11-17-22-13(2)14(3)24-17/h7-9H,10-11H2,1-6H3,(H2,19,20,21). The Kier molecular flexibility index (Phi) is 5.84. The zero-order valence-electron chi connectivity index (χ0n) is 15.4. The van der Waals surface area contributed by atoms with Crippen molar-refractivity contribution < 1.29 is 4.42 Å². The molecule has 0 amide bonds. The number of benzene rings is 1. The second-order valence-corrected chi connectivity index (χ2v) is 6.06. The molecule has 2 rings (SSSR count). The van der Waals surface area contributed by atoms with Crippen molar-refractivity contribution in [2.24, 2.45) is 4.99 Å². The van der Waals surface area contributed by atoms with Gasteiger partial charge in [-0.1, -0.05) is 12.1 Å². The molecule has 0 bridgehead atoms. The van der Waals surface area contributed by atoms with Gasteiger partial charge in [0.15, 0.2) is 5.96 Å². The first-order chi connectivity index (χ1) is 11.4. The van der Waals surface area contributed by atoms with Gasteiger partial charge in [0.1, 0.15) is 5.76 Å². The average molecular weight is 329 g/mol. The minimum absolute atomic E-state index is 0.503. The maximum atomic E-state index is 5.57. The maximum Gasteiger partial charge on any atom is 0.214 e. The number of aliphatic imine (C=N–C) groups is 1. The van der Waals surface area contributed by atoms with Gasteiger partial charge in [0.2, 0.25) is 5.89 Å². The molecule has 6 heteroatoms. The van der Waals surface area contributed by atoms with Crippen LogP contribution >= 0.6 is 0 Å². The van der Waals surface area contributed by atoms with Gasteiger partial charge < -0.3 is 20.0 Å². The van der Waals surface area contributed by atoms with Crippen LogP contribution in [0.3, 0.4) is 0 Å². The van der Waals surface area contributed by atoms with E-state index in [9.17, 15) is 0 Å². The van der Waals surface area contributed by atoms with Crippen molar-refractivity contribution in [3.8, 4) is 0 Å². The summed E-state index contributed by atoms with van der Waals surface area (Å²) in [5.41, 5.74) is 4.60. The molecule has 2 N–H and O–H groups in total. The maximum absolute atomic E-state index is 5.57. The molecular weight excluding hydrogens is 302 g/mol. The second kappa shape index (κ2) is 7.86. The summed E-state index contributed by atoms with van der Waals surface area (Å²) in [6.07, 6.45) is 0. The van der Waals surface area contributed by atoms with Gasteiger partial charge in [0.25, 0.3) is 0 Å². The highest BCUT2D eigenvalue weighted by molar-refractivity contribution is 5.79. The van der Waals surface area contributed by atoms with Crippen LogP contribution in [0.15, 0.2) is 27.6 Å². The van der Waals surface area contributed by atoms with Gasteiger partial charge in [-0.05, 0) is 38.0 Å². The predicted octanol–water partition coefficient (Wildman–Crippen LogP) is 2.53. The molecule has 2 aromatic rings. The van der Waals surface area contributed by atoms with Crippen LogP contribution in [-0.4, -0.2) is 32.1 Å². The molecule has 1 aromatic carbocycles. The van der Waals surface area contributed by atoms with E-state index in [1.807, 2.05) is 13.8 Å². The van der Waals surface area contributed by atoms with Gasteiger partial charge in [-0.15, -0.1) is 0 Å². The number of nitrogens with zero attached hydrogens (tertiary/aromatic N) is 3. The second-order valence-electron chi connectivity index (χ2n) is 6.06. The van der Waals surface area contributed by atoms with E-state index in [0.717, 1.165) is 11.5 Å². The lowest BCUT2D eigenvalue weighted by molar-refractivity contribution is 0.463. The average Bonchev–Trinajstić information content (AvgIpc) is 2.86. The van der Waals surface area contributed by atoms with E-state index in [4.69, 9.17) is 4.42 Å². The molecule has 0 fully saturated rings. The predicted molar refractivity (Wildman–Crippen MR) is 98.5 cm³/mol. The first-order valence-electron chi connectivity index (χ1n) is 8.05. The lowest BCUT2D eigenvalue weighted by Crippen LogP contribution is -2.36. The van der Waals surface area contributed by atoms with Crippen LogP contribution in [0.25, 0.3) is 0 Å². The summed E-state index contributed by atoms with van der Waals surface area (Å²) in [5, 5.41) is 6.56. The van der Waals surface area contributed by atoms with Crippen LogP contribution in [0.5, 0.6) is 0 Å². The van der Waals surface area contributed by atoms with E-state index < -0.39 is 0 Å². The number of aryl methyl sites for hydroxylation is 3. The third-order valence-corrected chi connectivity index (χ3v) is 3.87. The van der Waals surface area contributed by atoms with Crippen molar-refractivity contribution in [1.82, 2.24) is 15.6 Å². The highest BCUT2D eigenvalue weighted by Gasteiger charge is 2.08. The first kappa shape index (κ1) is 17.8. The molecule has 0 aliphatic carbocycles. The Bertz CT molecular complexity index is 699. The lowest BCUT2D eigenvalue weighted by Gasteiger charge is -2.19. The number of nitrogens with one attached hydrogen (secondary N) is 2. The van der Waals surface area contributed by atoms with Crippen LogP contribution in [0.1, 0.15) is 28.5 Å². The number of oxazole rings is 1. The van der Waals surface area contributed by atoms with Gasteiger partial charge in [-0.25, -0.2) is 4.98 Å². The minimum Gasteiger partial charge on any atom is -0.444 e. The fraction of sp³-hybridized carbons (Fsp3) is 0.444. The van der Waals surface area contributed by atoms with Gasteiger partial charge in [0, 0.05) is 33.4 Å². The molecular formula is C18H27N5O. The summed E-state index contributed by atoms with van der Waals surface area (Å²) in [4.78, 5) is 10.7. The Balaban J connectivity index is 1.97. The number of guanidine groups is 1. The molecule has 0 unspecified atom stereocenters. The molecule has 0 aliphatic rings. The summed E-state index contributed by atoms with van der Waals surface area (Å²) in [7, 11) is 5.86. The number of aromatic nitrogens is 1. The van der Waals surface area contributed by atoms with E-state index in [1.165, 1.54) is 16.8 Å². The van der Waals surface area contributed by atoms with E-state index in [-0.39, 0.29) is 0 Å². The highest BCUT2D eigenvalue weighted by atomic mass is 16.4. The van der Waals surface area contributed by atoms with Gasteiger partial charge in [-0.2, -0.15) is 0 Å².